The highest BCUT2D eigenvalue weighted by Gasteiger charge is 2.24. The van der Waals surface area contributed by atoms with Crippen LogP contribution in [0.3, 0.4) is 0 Å². The van der Waals surface area contributed by atoms with Crippen molar-refractivity contribution < 1.29 is 4.74 Å². The molecule has 0 aliphatic carbocycles. The van der Waals surface area contributed by atoms with Crippen molar-refractivity contribution >= 4 is 5.69 Å². The van der Waals surface area contributed by atoms with Gasteiger partial charge < -0.3 is 15.0 Å². The van der Waals surface area contributed by atoms with E-state index >= 15 is 0 Å². The predicted molar refractivity (Wildman–Crippen MR) is 88.1 cm³/mol. The van der Waals surface area contributed by atoms with Gasteiger partial charge in [0.25, 0.3) is 0 Å². The lowest BCUT2D eigenvalue weighted by atomic mass is 9.99. The highest BCUT2D eigenvalue weighted by atomic mass is 16.5. The van der Waals surface area contributed by atoms with E-state index in [9.17, 15) is 0 Å². The van der Waals surface area contributed by atoms with E-state index in [1.165, 1.54) is 50.9 Å². The van der Waals surface area contributed by atoms with Gasteiger partial charge in [0.05, 0.1) is 0 Å². The third-order valence-corrected chi connectivity index (χ3v) is 4.91. The van der Waals surface area contributed by atoms with Crippen molar-refractivity contribution in [1.29, 1.82) is 0 Å². The molecule has 0 aromatic heterocycles. The Hall–Kier alpha value is -1.06. The second-order valence-electron chi connectivity index (χ2n) is 6.37. The highest BCUT2D eigenvalue weighted by Crippen LogP contribution is 2.32. The maximum Gasteiger partial charge on any atom is 0.0469 e. The van der Waals surface area contributed by atoms with Crippen LogP contribution in [0.25, 0.3) is 0 Å². The molecule has 3 heteroatoms. The van der Waals surface area contributed by atoms with Gasteiger partial charge in [0, 0.05) is 32.0 Å². The summed E-state index contributed by atoms with van der Waals surface area (Å²) >= 11 is 0. The Morgan fingerprint density at radius 1 is 1.29 bits per heavy atom. The zero-order chi connectivity index (χ0) is 14.5. The van der Waals surface area contributed by atoms with Crippen LogP contribution in [0.4, 0.5) is 5.69 Å². The Labute approximate surface area is 128 Å². The van der Waals surface area contributed by atoms with E-state index in [1.54, 1.807) is 11.1 Å². The van der Waals surface area contributed by atoms with Crippen LogP contribution in [-0.2, 0) is 17.6 Å². The minimum absolute atomic E-state index is 0.817. The second-order valence-corrected chi connectivity index (χ2v) is 6.37. The molecule has 0 bridgehead atoms. The molecule has 1 fully saturated rings. The lowest BCUT2D eigenvalue weighted by Gasteiger charge is -2.28. The van der Waals surface area contributed by atoms with Crippen molar-refractivity contribution in [3.05, 3.63) is 29.3 Å². The maximum absolute atomic E-state index is 5.48. The summed E-state index contributed by atoms with van der Waals surface area (Å²) in [6.45, 7) is 5.44. The van der Waals surface area contributed by atoms with Gasteiger partial charge in [0.2, 0.25) is 0 Å². The first-order valence-corrected chi connectivity index (χ1v) is 8.46. The molecule has 2 heterocycles. The fraction of sp³-hybridized carbons (Fsp3) is 0.667. The van der Waals surface area contributed by atoms with Crippen LogP contribution in [-0.4, -0.2) is 39.9 Å². The summed E-state index contributed by atoms with van der Waals surface area (Å²) in [6.07, 6.45) is 6.12. The van der Waals surface area contributed by atoms with Crippen LogP contribution in [0.5, 0.6) is 0 Å². The third-order valence-electron chi connectivity index (χ3n) is 4.91. The van der Waals surface area contributed by atoms with Crippen molar-refractivity contribution in [2.24, 2.45) is 5.92 Å². The molecule has 116 valence electrons. The van der Waals surface area contributed by atoms with Crippen molar-refractivity contribution in [1.82, 2.24) is 5.32 Å². The zero-order valence-corrected chi connectivity index (χ0v) is 13.2. The molecule has 1 saturated heterocycles. The second kappa shape index (κ2) is 7.28. The summed E-state index contributed by atoms with van der Waals surface area (Å²) in [5, 5.41) is 3.25. The lowest BCUT2D eigenvalue weighted by Crippen LogP contribution is -2.31. The normalized spacial score (nSPS) is 19.0. The lowest BCUT2D eigenvalue weighted by molar-refractivity contribution is 0.0683. The molecule has 1 aromatic carbocycles. The Kier molecular flexibility index (Phi) is 5.15. The first kappa shape index (κ1) is 14.9. The van der Waals surface area contributed by atoms with Crippen LogP contribution in [0, 0.1) is 5.92 Å². The molecule has 1 N–H and O–H groups in total. The average molecular weight is 288 g/mol. The molecular weight excluding hydrogens is 260 g/mol. The fourth-order valence-corrected chi connectivity index (χ4v) is 3.69. The highest BCUT2D eigenvalue weighted by molar-refractivity contribution is 5.61. The molecule has 21 heavy (non-hydrogen) atoms. The van der Waals surface area contributed by atoms with E-state index in [-0.39, 0.29) is 0 Å². The minimum Gasteiger partial charge on any atom is -0.381 e. The van der Waals surface area contributed by atoms with Gasteiger partial charge in [0.15, 0.2) is 0 Å². The van der Waals surface area contributed by atoms with Crippen LogP contribution in [0.1, 0.15) is 30.4 Å². The molecule has 0 radical (unpaired) electrons. The summed E-state index contributed by atoms with van der Waals surface area (Å²) < 4.78 is 5.48. The Balaban J connectivity index is 1.65. The number of nitrogens with one attached hydrogen (secondary N) is 1. The molecule has 3 nitrogen and oxygen atoms in total. The molecule has 0 atom stereocenters. The molecule has 0 saturated carbocycles. The number of hydrogen-bond acceptors (Lipinski definition) is 3. The quantitative estimate of drug-likeness (QED) is 0.815. The van der Waals surface area contributed by atoms with Crippen LogP contribution < -0.4 is 10.2 Å². The van der Waals surface area contributed by atoms with E-state index in [4.69, 9.17) is 4.74 Å². The number of aryl methyl sites for hydroxylation is 1. The van der Waals surface area contributed by atoms with Crippen LogP contribution in [0.15, 0.2) is 18.2 Å². The van der Waals surface area contributed by atoms with Crippen molar-refractivity contribution in [3.8, 4) is 0 Å². The SMILES string of the molecule is CNCCCc1cccc2c1CCN2CC1CCOCC1. The molecule has 2 aliphatic rings. The maximum atomic E-state index is 5.48. The smallest absolute Gasteiger partial charge is 0.0469 e. The molecule has 2 aliphatic heterocycles. The monoisotopic (exact) mass is 288 g/mol. The Morgan fingerprint density at radius 2 is 2.14 bits per heavy atom. The summed E-state index contributed by atoms with van der Waals surface area (Å²) in [7, 11) is 2.03. The molecule has 0 amide bonds. The van der Waals surface area contributed by atoms with Gasteiger partial charge in [-0.25, -0.2) is 0 Å². The number of nitrogens with zero attached hydrogens (tertiary/aromatic N) is 1. The average Bonchev–Trinajstić information content (AvgIpc) is 2.93. The van der Waals surface area contributed by atoms with Gasteiger partial charge in [-0.15, -0.1) is 0 Å². The number of rotatable bonds is 6. The van der Waals surface area contributed by atoms with Crippen LogP contribution in [0.2, 0.25) is 0 Å². The van der Waals surface area contributed by atoms with Crippen LogP contribution >= 0.6 is 0 Å². The number of benzene rings is 1. The van der Waals surface area contributed by atoms with Gasteiger partial charge in [-0.1, -0.05) is 12.1 Å². The van der Waals surface area contributed by atoms with Crippen molar-refractivity contribution in [2.75, 3.05) is 44.8 Å². The molecule has 3 rings (SSSR count). The molecule has 0 unspecified atom stereocenters. The Bertz CT molecular complexity index is 455. The van der Waals surface area contributed by atoms with E-state index in [0.29, 0.717) is 0 Å². The zero-order valence-electron chi connectivity index (χ0n) is 13.2. The Morgan fingerprint density at radius 3 is 2.95 bits per heavy atom. The minimum atomic E-state index is 0.817. The first-order valence-electron chi connectivity index (χ1n) is 8.46. The van der Waals surface area contributed by atoms with Gasteiger partial charge >= 0.3 is 0 Å². The number of ether oxygens (including phenoxy) is 1. The summed E-state index contributed by atoms with van der Waals surface area (Å²) in [5.74, 6) is 0.817. The number of fused-ring (bicyclic) bond motifs is 1. The van der Waals surface area contributed by atoms with E-state index < -0.39 is 0 Å². The van der Waals surface area contributed by atoms with Gasteiger partial charge in [0.1, 0.15) is 0 Å². The van der Waals surface area contributed by atoms with E-state index in [0.717, 1.165) is 25.7 Å². The first-order chi connectivity index (χ1) is 10.4. The standard InChI is InChI=1S/C18H28N2O/c1-19-10-3-5-16-4-2-6-18-17(16)7-11-20(18)14-15-8-12-21-13-9-15/h2,4,6,15,19H,3,5,7-14H2,1H3. The van der Waals surface area contributed by atoms with Crippen molar-refractivity contribution in [2.45, 2.75) is 32.1 Å². The predicted octanol–water partition coefficient (Wildman–Crippen LogP) is 2.63. The van der Waals surface area contributed by atoms with Crippen molar-refractivity contribution in [3.63, 3.8) is 0 Å². The summed E-state index contributed by atoms with van der Waals surface area (Å²) in [4.78, 5) is 2.62. The summed E-state index contributed by atoms with van der Waals surface area (Å²) in [5.41, 5.74) is 4.68. The fourth-order valence-electron chi connectivity index (χ4n) is 3.69. The number of anilines is 1. The van der Waals surface area contributed by atoms with Gasteiger partial charge in [-0.2, -0.15) is 0 Å². The third kappa shape index (κ3) is 3.58. The van der Waals surface area contributed by atoms with Gasteiger partial charge in [-0.3, -0.25) is 0 Å². The molecule has 1 aromatic rings. The molecular formula is C18H28N2O. The summed E-state index contributed by atoms with van der Waals surface area (Å²) in [6, 6.07) is 6.89. The van der Waals surface area contributed by atoms with E-state index in [2.05, 4.69) is 28.4 Å². The van der Waals surface area contributed by atoms with Gasteiger partial charge in [-0.05, 0) is 68.8 Å². The number of hydrogen-bond donors (Lipinski definition) is 1. The largest absolute Gasteiger partial charge is 0.381 e. The topological polar surface area (TPSA) is 24.5 Å². The van der Waals surface area contributed by atoms with E-state index in [1.807, 2.05) is 7.05 Å². The molecule has 0 spiro atoms.